The van der Waals surface area contributed by atoms with Crippen molar-refractivity contribution >= 4 is 35.1 Å². The highest BCUT2D eigenvalue weighted by molar-refractivity contribution is 6.01. The van der Waals surface area contributed by atoms with Crippen LogP contribution in [0.2, 0.25) is 0 Å². The summed E-state index contributed by atoms with van der Waals surface area (Å²) in [5.74, 6) is 1.40. The Labute approximate surface area is 220 Å². The molecular weight excluding hydrogens is 489 g/mol. The monoisotopic (exact) mass is 519 g/mol. The van der Waals surface area contributed by atoms with E-state index >= 15 is 0 Å². The summed E-state index contributed by atoms with van der Waals surface area (Å²) < 4.78 is 19.2. The van der Waals surface area contributed by atoms with Gasteiger partial charge in [-0.2, -0.15) is 10.2 Å². The van der Waals surface area contributed by atoms with E-state index in [4.69, 9.17) is 16.2 Å². The second kappa shape index (κ2) is 12.9. The SMILES string of the molecule is CCCC(=Nc1cccc(F)c1C=O)N(C)c1ccccc1OC.Cc1cnn(-c2c(N)ncnc2N)n1. The molecule has 2 aromatic carbocycles. The maximum Gasteiger partial charge on any atom is 0.170 e. The summed E-state index contributed by atoms with van der Waals surface area (Å²) in [4.78, 5) is 26.6. The van der Waals surface area contributed by atoms with Crippen LogP contribution in [0.4, 0.5) is 27.4 Å². The van der Waals surface area contributed by atoms with Gasteiger partial charge in [0.25, 0.3) is 0 Å². The first-order valence-corrected chi connectivity index (χ1v) is 11.7. The first kappa shape index (κ1) is 27.7. The maximum atomic E-state index is 13.8. The molecule has 0 unspecified atom stereocenters. The number of nitrogens with two attached hydrogens (primary N) is 2. The number of carbonyl (C=O) groups excluding carboxylic acids is 1. The molecule has 4 aromatic rings. The fourth-order valence-corrected chi connectivity index (χ4v) is 3.51. The third-order valence-electron chi connectivity index (χ3n) is 5.39. The van der Waals surface area contributed by atoms with Gasteiger partial charge >= 0.3 is 0 Å². The Balaban J connectivity index is 0.000000241. The number of para-hydroxylation sites is 2. The van der Waals surface area contributed by atoms with Crippen molar-refractivity contribution in [3.63, 3.8) is 0 Å². The molecule has 0 bridgehead atoms. The third kappa shape index (κ3) is 6.46. The van der Waals surface area contributed by atoms with Gasteiger partial charge in [-0.15, -0.1) is 4.80 Å². The standard InChI is InChI=1S/C19H21FN2O2.C7H9N7/c1-4-8-19(21-16-10-7-9-15(20)14(16)13-23)22(2)17-11-5-6-12-18(17)24-3;1-4-2-12-14(13-4)5-6(8)10-3-11-7(5)9/h5-7,9-13H,4,8H2,1-3H3;2-3H,1H3,(H4,8,9,10,11). The summed E-state index contributed by atoms with van der Waals surface area (Å²) >= 11 is 0. The molecule has 0 amide bonds. The van der Waals surface area contributed by atoms with Gasteiger partial charge in [0, 0.05) is 13.5 Å². The lowest BCUT2D eigenvalue weighted by atomic mass is 10.2. The number of hydrogen-bond acceptors (Lipinski definition) is 9. The van der Waals surface area contributed by atoms with Crippen molar-refractivity contribution in [2.75, 3.05) is 30.5 Å². The summed E-state index contributed by atoms with van der Waals surface area (Å²) in [6.07, 6.45) is 4.95. The van der Waals surface area contributed by atoms with E-state index in [9.17, 15) is 9.18 Å². The third-order valence-corrected chi connectivity index (χ3v) is 5.39. The lowest BCUT2D eigenvalue weighted by Gasteiger charge is -2.23. The normalized spacial score (nSPS) is 10.9. The van der Waals surface area contributed by atoms with E-state index in [1.54, 1.807) is 25.4 Å². The van der Waals surface area contributed by atoms with Crippen molar-refractivity contribution in [1.82, 2.24) is 25.0 Å². The number of methoxy groups -OCH3 is 1. The topological polar surface area (TPSA) is 150 Å². The van der Waals surface area contributed by atoms with Crippen LogP contribution >= 0.6 is 0 Å². The fraction of sp³-hybridized carbons (Fsp3) is 0.231. The Morgan fingerprint density at radius 2 is 1.87 bits per heavy atom. The summed E-state index contributed by atoms with van der Waals surface area (Å²) in [7, 11) is 3.49. The molecule has 0 saturated heterocycles. The van der Waals surface area contributed by atoms with Crippen LogP contribution in [0, 0.1) is 12.7 Å². The van der Waals surface area contributed by atoms with Crippen molar-refractivity contribution in [3.8, 4) is 11.4 Å². The van der Waals surface area contributed by atoms with Gasteiger partial charge in [0.2, 0.25) is 0 Å². The number of rotatable bonds is 7. The number of benzene rings is 2. The van der Waals surface area contributed by atoms with E-state index in [0.717, 1.165) is 29.4 Å². The quantitative estimate of drug-likeness (QED) is 0.208. The lowest BCUT2D eigenvalue weighted by molar-refractivity contribution is 0.112. The molecule has 0 spiro atoms. The lowest BCUT2D eigenvalue weighted by Crippen LogP contribution is -2.26. The molecule has 12 heteroatoms. The summed E-state index contributed by atoms with van der Waals surface area (Å²) in [6, 6.07) is 12.0. The first-order valence-electron chi connectivity index (χ1n) is 11.7. The van der Waals surface area contributed by atoms with E-state index in [1.807, 2.05) is 50.1 Å². The smallest absolute Gasteiger partial charge is 0.170 e. The molecule has 38 heavy (non-hydrogen) atoms. The average Bonchev–Trinajstić information content (AvgIpc) is 3.34. The van der Waals surface area contributed by atoms with Crippen molar-refractivity contribution < 1.29 is 13.9 Å². The number of anilines is 3. The molecule has 2 aromatic heterocycles. The zero-order chi connectivity index (χ0) is 27.7. The Hall–Kier alpha value is -4.87. The Morgan fingerprint density at radius 1 is 1.16 bits per heavy atom. The number of nitrogen functional groups attached to an aromatic ring is 2. The van der Waals surface area contributed by atoms with Crippen LogP contribution in [0.5, 0.6) is 5.75 Å². The fourth-order valence-electron chi connectivity index (χ4n) is 3.51. The minimum absolute atomic E-state index is 0.0282. The van der Waals surface area contributed by atoms with Crippen molar-refractivity contribution in [3.05, 3.63) is 72.1 Å². The van der Waals surface area contributed by atoms with Gasteiger partial charge in [-0.1, -0.05) is 25.1 Å². The molecule has 2 heterocycles. The van der Waals surface area contributed by atoms with Crippen molar-refractivity contribution in [1.29, 1.82) is 0 Å². The minimum atomic E-state index is -0.568. The van der Waals surface area contributed by atoms with Crippen LogP contribution in [0.15, 0.2) is 60.0 Å². The highest BCUT2D eigenvalue weighted by Gasteiger charge is 2.15. The number of nitrogens with zero attached hydrogens (tertiary/aromatic N) is 7. The first-order chi connectivity index (χ1) is 18.3. The second-order valence-electron chi connectivity index (χ2n) is 8.07. The average molecular weight is 520 g/mol. The van der Waals surface area contributed by atoms with Crippen LogP contribution in [0.3, 0.4) is 0 Å². The molecule has 4 N–H and O–H groups in total. The van der Waals surface area contributed by atoms with Gasteiger partial charge in [0.05, 0.1) is 35.9 Å². The van der Waals surface area contributed by atoms with E-state index in [1.165, 1.54) is 17.2 Å². The van der Waals surface area contributed by atoms with Crippen LogP contribution in [0.1, 0.15) is 35.8 Å². The predicted octanol–water partition coefficient (Wildman–Crippen LogP) is 4.14. The molecular formula is C26H30FN9O2. The zero-order valence-electron chi connectivity index (χ0n) is 21.7. The van der Waals surface area contributed by atoms with Gasteiger partial charge < -0.3 is 21.1 Å². The molecule has 11 nitrogen and oxygen atoms in total. The molecule has 4 rings (SSSR count). The van der Waals surface area contributed by atoms with Gasteiger partial charge in [0.1, 0.15) is 23.7 Å². The summed E-state index contributed by atoms with van der Waals surface area (Å²) in [5.41, 5.74) is 13.6. The molecule has 198 valence electrons. The Bertz CT molecular complexity index is 1400. The van der Waals surface area contributed by atoms with Gasteiger partial charge in [-0.3, -0.25) is 4.79 Å². The van der Waals surface area contributed by atoms with Gasteiger partial charge in [-0.05, 0) is 37.6 Å². The highest BCUT2D eigenvalue weighted by atomic mass is 19.1. The van der Waals surface area contributed by atoms with Crippen molar-refractivity contribution in [2.45, 2.75) is 26.7 Å². The number of aliphatic imine (C=N–C) groups is 1. The minimum Gasteiger partial charge on any atom is -0.495 e. The molecule has 0 radical (unpaired) electrons. The van der Waals surface area contributed by atoms with Crippen LogP contribution in [0.25, 0.3) is 5.69 Å². The van der Waals surface area contributed by atoms with Crippen LogP contribution < -0.4 is 21.1 Å². The number of halogens is 1. The molecule has 0 saturated carbocycles. The number of aromatic nitrogens is 5. The second-order valence-corrected chi connectivity index (χ2v) is 8.07. The number of carbonyl (C=O) groups is 1. The van der Waals surface area contributed by atoms with Gasteiger partial charge in [-0.25, -0.2) is 19.4 Å². The summed E-state index contributed by atoms with van der Waals surface area (Å²) in [6.45, 7) is 3.86. The zero-order valence-corrected chi connectivity index (χ0v) is 21.7. The molecule has 0 aliphatic carbocycles. The number of amidine groups is 1. The van der Waals surface area contributed by atoms with E-state index in [-0.39, 0.29) is 17.2 Å². The molecule has 0 atom stereocenters. The Morgan fingerprint density at radius 3 is 2.47 bits per heavy atom. The summed E-state index contributed by atoms with van der Waals surface area (Å²) in [5, 5.41) is 8.04. The number of hydrogen-bond donors (Lipinski definition) is 2. The number of aldehydes is 1. The largest absolute Gasteiger partial charge is 0.495 e. The van der Waals surface area contributed by atoms with E-state index in [2.05, 4.69) is 25.2 Å². The Kier molecular flexibility index (Phi) is 9.41. The predicted molar refractivity (Wildman–Crippen MR) is 146 cm³/mol. The van der Waals surface area contributed by atoms with Crippen LogP contribution in [-0.4, -0.2) is 51.2 Å². The molecule has 0 aliphatic heterocycles. The number of aryl methyl sites for hydroxylation is 1. The molecule has 0 aliphatic rings. The van der Waals surface area contributed by atoms with Crippen molar-refractivity contribution in [2.24, 2.45) is 4.99 Å². The van der Waals surface area contributed by atoms with E-state index in [0.29, 0.717) is 24.1 Å². The maximum absolute atomic E-state index is 13.8. The van der Waals surface area contributed by atoms with E-state index < -0.39 is 5.82 Å². The van der Waals surface area contributed by atoms with Gasteiger partial charge in [0.15, 0.2) is 23.6 Å². The van der Waals surface area contributed by atoms with Crippen LogP contribution in [-0.2, 0) is 0 Å². The molecule has 0 fully saturated rings. The highest BCUT2D eigenvalue weighted by Crippen LogP contribution is 2.29. The number of ether oxygens (including phenoxy) is 1.